The van der Waals surface area contributed by atoms with Crippen LogP contribution in [0.25, 0.3) is 0 Å². The summed E-state index contributed by atoms with van der Waals surface area (Å²) in [4.78, 5) is 4.36. The Hall–Kier alpha value is -0.900. The maximum Gasteiger partial charge on any atom is 0.229 e. The van der Waals surface area contributed by atoms with E-state index in [1.165, 1.54) is 0 Å². The van der Waals surface area contributed by atoms with Gasteiger partial charge in [-0.3, -0.25) is 0 Å². The molecule has 0 unspecified atom stereocenters. The summed E-state index contributed by atoms with van der Waals surface area (Å²) in [5.41, 5.74) is 0.181. The van der Waals surface area contributed by atoms with Gasteiger partial charge in [0.15, 0.2) is 5.82 Å². The van der Waals surface area contributed by atoms with Crippen molar-refractivity contribution in [2.45, 2.75) is 52.1 Å². The number of nitrogens with zero attached hydrogens (tertiary/aromatic N) is 2. The standard InChI is InChI=1S/C11H18N2O2/c1-11(2,3)6-9-12-10(15-13-9)7-4-8(14)5-7/h7-8,14H,4-6H2,1-3H3. The summed E-state index contributed by atoms with van der Waals surface area (Å²) in [6, 6.07) is 0. The summed E-state index contributed by atoms with van der Waals surface area (Å²) < 4.78 is 5.19. The Kier molecular flexibility index (Phi) is 2.54. The first kappa shape index (κ1) is 10.6. The van der Waals surface area contributed by atoms with E-state index in [1.54, 1.807) is 0 Å². The molecule has 0 bridgehead atoms. The SMILES string of the molecule is CC(C)(C)Cc1noc(C2CC(O)C2)n1. The largest absolute Gasteiger partial charge is 0.393 e. The molecule has 0 aliphatic heterocycles. The van der Waals surface area contributed by atoms with Gasteiger partial charge in [-0.15, -0.1) is 0 Å². The quantitative estimate of drug-likeness (QED) is 0.809. The molecule has 1 N–H and O–H groups in total. The molecule has 0 atom stereocenters. The fourth-order valence-electron chi connectivity index (χ4n) is 1.77. The highest BCUT2D eigenvalue weighted by Gasteiger charge is 2.33. The van der Waals surface area contributed by atoms with Gasteiger partial charge in [-0.25, -0.2) is 0 Å². The van der Waals surface area contributed by atoms with Crippen LogP contribution in [-0.4, -0.2) is 21.4 Å². The zero-order valence-corrected chi connectivity index (χ0v) is 9.53. The molecule has 4 nitrogen and oxygen atoms in total. The lowest BCUT2D eigenvalue weighted by atomic mass is 9.82. The Morgan fingerprint density at radius 1 is 1.40 bits per heavy atom. The summed E-state index contributed by atoms with van der Waals surface area (Å²) in [5, 5.41) is 13.1. The van der Waals surface area contributed by atoms with Gasteiger partial charge >= 0.3 is 0 Å². The number of rotatable bonds is 2. The molecule has 4 heteroatoms. The van der Waals surface area contributed by atoms with Crippen LogP contribution < -0.4 is 0 Å². The number of aromatic nitrogens is 2. The Bertz CT molecular complexity index is 335. The third kappa shape index (κ3) is 2.56. The first-order chi connectivity index (χ1) is 6.94. The average molecular weight is 210 g/mol. The molecule has 2 rings (SSSR count). The molecular weight excluding hydrogens is 192 g/mol. The minimum Gasteiger partial charge on any atom is -0.393 e. The number of aliphatic hydroxyl groups is 1. The highest BCUT2D eigenvalue weighted by atomic mass is 16.5. The molecule has 1 aliphatic carbocycles. The van der Waals surface area contributed by atoms with Crippen molar-refractivity contribution < 1.29 is 9.63 Å². The molecule has 84 valence electrons. The predicted octanol–water partition coefficient (Wildman–Crippen LogP) is 1.90. The zero-order chi connectivity index (χ0) is 11.1. The monoisotopic (exact) mass is 210 g/mol. The molecule has 1 heterocycles. The summed E-state index contributed by atoms with van der Waals surface area (Å²) in [6.45, 7) is 6.45. The van der Waals surface area contributed by atoms with Crippen molar-refractivity contribution in [2.75, 3.05) is 0 Å². The molecule has 1 saturated carbocycles. The van der Waals surface area contributed by atoms with Crippen molar-refractivity contribution in [3.05, 3.63) is 11.7 Å². The van der Waals surface area contributed by atoms with Gasteiger partial charge < -0.3 is 9.63 Å². The molecule has 1 fully saturated rings. The molecule has 15 heavy (non-hydrogen) atoms. The number of hydrogen-bond acceptors (Lipinski definition) is 4. The number of aliphatic hydroxyl groups excluding tert-OH is 1. The van der Waals surface area contributed by atoms with Crippen molar-refractivity contribution in [3.63, 3.8) is 0 Å². The van der Waals surface area contributed by atoms with Gasteiger partial charge in [0.05, 0.1) is 6.10 Å². The molecule has 0 amide bonds. The van der Waals surface area contributed by atoms with Crippen LogP contribution in [0.4, 0.5) is 0 Å². The van der Waals surface area contributed by atoms with Gasteiger partial charge in [-0.05, 0) is 18.3 Å². The molecule has 0 aromatic carbocycles. The van der Waals surface area contributed by atoms with E-state index >= 15 is 0 Å². The van der Waals surface area contributed by atoms with Crippen LogP contribution in [0.5, 0.6) is 0 Å². The smallest absolute Gasteiger partial charge is 0.229 e. The maximum absolute atomic E-state index is 9.18. The van der Waals surface area contributed by atoms with Crippen LogP contribution >= 0.6 is 0 Å². The summed E-state index contributed by atoms with van der Waals surface area (Å²) in [6.07, 6.45) is 2.17. The minimum atomic E-state index is -0.173. The second-order valence-electron chi connectivity index (χ2n) is 5.61. The predicted molar refractivity (Wildman–Crippen MR) is 55.4 cm³/mol. The van der Waals surface area contributed by atoms with Crippen LogP contribution in [0.2, 0.25) is 0 Å². The van der Waals surface area contributed by atoms with Gasteiger partial charge in [0.2, 0.25) is 5.89 Å². The van der Waals surface area contributed by atoms with Gasteiger partial charge in [0.1, 0.15) is 0 Å². The second-order valence-corrected chi connectivity index (χ2v) is 5.61. The summed E-state index contributed by atoms with van der Waals surface area (Å²) >= 11 is 0. The minimum absolute atomic E-state index is 0.173. The van der Waals surface area contributed by atoms with E-state index in [4.69, 9.17) is 4.52 Å². The molecular formula is C11H18N2O2. The van der Waals surface area contributed by atoms with E-state index in [1.807, 2.05) is 0 Å². The maximum atomic E-state index is 9.18. The van der Waals surface area contributed by atoms with Crippen LogP contribution in [0.3, 0.4) is 0 Å². The molecule has 0 saturated heterocycles. The van der Waals surface area contributed by atoms with E-state index in [0.717, 1.165) is 25.1 Å². The molecule has 0 spiro atoms. The van der Waals surface area contributed by atoms with Gasteiger partial charge in [0.25, 0.3) is 0 Å². The Morgan fingerprint density at radius 3 is 2.60 bits per heavy atom. The Balaban J connectivity index is 1.98. The highest BCUT2D eigenvalue weighted by Crippen LogP contribution is 2.35. The number of hydrogen-bond donors (Lipinski definition) is 1. The van der Waals surface area contributed by atoms with Crippen molar-refractivity contribution in [3.8, 4) is 0 Å². The highest BCUT2D eigenvalue weighted by molar-refractivity contribution is 5.02. The van der Waals surface area contributed by atoms with Crippen LogP contribution in [0.1, 0.15) is 51.2 Å². The van der Waals surface area contributed by atoms with Crippen LogP contribution in [0, 0.1) is 5.41 Å². The van der Waals surface area contributed by atoms with E-state index in [2.05, 4.69) is 30.9 Å². The van der Waals surface area contributed by atoms with Crippen molar-refractivity contribution in [1.29, 1.82) is 0 Å². The lowest BCUT2D eigenvalue weighted by Gasteiger charge is -2.27. The Labute approximate surface area is 89.7 Å². The normalized spacial score (nSPS) is 26.4. The lowest BCUT2D eigenvalue weighted by molar-refractivity contribution is 0.0625. The average Bonchev–Trinajstić information content (AvgIpc) is 2.43. The van der Waals surface area contributed by atoms with Gasteiger partial charge in [-0.1, -0.05) is 25.9 Å². The van der Waals surface area contributed by atoms with E-state index in [9.17, 15) is 5.11 Å². The fraction of sp³-hybridized carbons (Fsp3) is 0.818. The third-order valence-corrected chi connectivity index (χ3v) is 2.63. The fourth-order valence-corrected chi connectivity index (χ4v) is 1.77. The summed E-state index contributed by atoms with van der Waals surface area (Å²) in [5.74, 6) is 1.75. The Morgan fingerprint density at radius 2 is 2.07 bits per heavy atom. The lowest BCUT2D eigenvalue weighted by Crippen LogP contribution is -2.26. The molecule has 1 aliphatic rings. The van der Waals surface area contributed by atoms with Crippen LogP contribution in [-0.2, 0) is 6.42 Å². The molecule has 1 aromatic heterocycles. The van der Waals surface area contributed by atoms with Gasteiger partial charge in [0, 0.05) is 12.3 Å². The summed E-state index contributed by atoms with van der Waals surface area (Å²) in [7, 11) is 0. The third-order valence-electron chi connectivity index (χ3n) is 2.63. The topological polar surface area (TPSA) is 59.2 Å². The van der Waals surface area contributed by atoms with E-state index in [-0.39, 0.29) is 17.4 Å². The molecule has 1 aromatic rings. The zero-order valence-electron chi connectivity index (χ0n) is 9.53. The first-order valence-corrected chi connectivity index (χ1v) is 5.44. The van der Waals surface area contributed by atoms with E-state index < -0.39 is 0 Å². The first-order valence-electron chi connectivity index (χ1n) is 5.44. The van der Waals surface area contributed by atoms with Crippen molar-refractivity contribution >= 4 is 0 Å². The van der Waals surface area contributed by atoms with Crippen LogP contribution in [0.15, 0.2) is 4.52 Å². The second kappa shape index (κ2) is 3.59. The van der Waals surface area contributed by atoms with Gasteiger partial charge in [-0.2, -0.15) is 4.98 Å². The van der Waals surface area contributed by atoms with E-state index in [0.29, 0.717) is 5.89 Å². The molecule has 0 radical (unpaired) electrons. The van der Waals surface area contributed by atoms with Crippen molar-refractivity contribution in [1.82, 2.24) is 10.1 Å². The van der Waals surface area contributed by atoms with Crippen molar-refractivity contribution in [2.24, 2.45) is 5.41 Å².